The molecule has 1 rings (SSSR count). The zero-order valence-electron chi connectivity index (χ0n) is 11.3. The normalized spacial score (nSPS) is 10.5. The Morgan fingerprint density at radius 2 is 2.10 bits per heavy atom. The quantitative estimate of drug-likeness (QED) is 0.750. The Morgan fingerprint density at radius 1 is 1.38 bits per heavy atom. The topological polar surface area (TPSA) is 61.4 Å². The second kappa shape index (κ2) is 7.55. The van der Waals surface area contributed by atoms with Crippen LogP contribution in [0.15, 0.2) is 18.2 Å². The molecule has 0 heterocycles. The number of rotatable bonds is 3. The fourth-order valence-corrected chi connectivity index (χ4v) is 1.57. The second-order valence-corrected chi connectivity index (χ2v) is 4.11. The summed E-state index contributed by atoms with van der Waals surface area (Å²) in [6, 6.07) is 3.97. The summed E-state index contributed by atoms with van der Waals surface area (Å²) in [5, 5.41) is 12.7. The first-order valence-electron chi connectivity index (χ1n) is 6.20. The molecular formula is C14H15F3N2O2. The Kier molecular flexibility index (Phi) is 6.06. The van der Waals surface area contributed by atoms with Crippen LogP contribution in [-0.4, -0.2) is 30.5 Å². The fourth-order valence-electron chi connectivity index (χ4n) is 1.57. The van der Waals surface area contributed by atoms with Gasteiger partial charge in [-0.05, 0) is 30.2 Å². The van der Waals surface area contributed by atoms with E-state index in [2.05, 4.69) is 17.2 Å². The molecule has 0 saturated heterocycles. The summed E-state index contributed by atoms with van der Waals surface area (Å²) in [6.07, 6.45) is -3.88. The van der Waals surface area contributed by atoms with Gasteiger partial charge in [-0.1, -0.05) is 18.8 Å². The van der Waals surface area contributed by atoms with E-state index in [0.717, 1.165) is 5.56 Å². The zero-order chi connectivity index (χ0) is 15.9. The number of carbonyl (C=O) groups excluding carboxylic acids is 1. The summed E-state index contributed by atoms with van der Waals surface area (Å²) in [5.74, 6) is 5.21. The van der Waals surface area contributed by atoms with Crippen molar-refractivity contribution in [3.8, 4) is 11.8 Å². The van der Waals surface area contributed by atoms with Crippen molar-refractivity contribution in [3.63, 3.8) is 0 Å². The third kappa shape index (κ3) is 6.19. The van der Waals surface area contributed by atoms with Gasteiger partial charge in [0.15, 0.2) is 0 Å². The minimum absolute atomic E-state index is 0.263. The third-order valence-electron chi connectivity index (χ3n) is 2.50. The maximum absolute atomic E-state index is 12.0. The van der Waals surface area contributed by atoms with E-state index >= 15 is 0 Å². The number of carbonyl (C=O) groups is 1. The first-order chi connectivity index (χ1) is 9.85. The van der Waals surface area contributed by atoms with Gasteiger partial charge >= 0.3 is 12.2 Å². The summed E-state index contributed by atoms with van der Waals surface area (Å²) >= 11 is 0. The van der Waals surface area contributed by atoms with Crippen molar-refractivity contribution in [1.29, 1.82) is 0 Å². The van der Waals surface area contributed by atoms with Gasteiger partial charge in [0, 0.05) is 11.3 Å². The number of aryl methyl sites for hydroxylation is 1. The minimum atomic E-state index is -4.45. The monoisotopic (exact) mass is 300 g/mol. The predicted octanol–water partition coefficient (Wildman–Crippen LogP) is 2.28. The van der Waals surface area contributed by atoms with Crippen molar-refractivity contribution in [2.24, 2.45) is 0 Å². The molecule has 0 fully saturated rings. The van der Waals surface area contributed by atoms with Gasteiger partial charge in [-0.25, -0.2) is 4.79 Å². The number of benzene rings is 1. The SMILES string of the molecule is CCc1cc(C#CCO)ccc1NC(=O)NCC(F)(F)F. The molecule has 3 N–H and O–H groups in total. The van der Waals surface area contributed by atoms with Crippen molar-refractivity contribution in [1.82, 2.24) is 5.32 Å². The van der Waals surface area contributed by atoms with Crippen LogP contribution in [0.25, 0.3) is 0 Å². The Labute approximate surface area is 120 Å². The number of aliphatic hydroxyl groups excluding tert-OH is 1. The third-order valence-corrected chi connectivity index (χ3v) is 2.50. The molecule has 2 amide bonds. The largest absolute Gasteiger partial charge is 0.405 e. The number of aliphatic hydroxyl groups is 1. The molecule has 0 aromatic heterocycles. The highest BCUT2D eigenvalue weighted by Gasteiger charge is 2.27. The number of hydrogen-bond donors (Lipinski definition) is 3. The van der Waals surface area contributed by atoms with Gasteiger partial charge < -0.3 is 15.7 Å². The lowest BCUT2D eigenvalue weighted by atomic mass is 10.1. The van der Waals surface area contributed by atoms with Crippen LogP contribution in [0.2, 0.25) is 0 Å². The van der Waals surface area contributed by atoms with E-state index in [1.54, 1.807) is 23.5 Å². The summed E-state index contributed by atoms with van der Waals surface area (Å²) < 4.78 is 36.0. The van der Waals surface area contributed by atoms with Crippen LogP contribution >= 0.6 is 0 Å². The molecule has 0 aliphatic rings. The molecule has 21 heavy (non-hydrogen) atoms. The van der Waals surface area contributed by atoms with E-state index in [4.69, 9.17) is 5.11 Å². The molecule has 1 aromatic carbocycles. The Balaban J connectivity index is 2.77. The fraction of sp³-hybridized carbons (Fsp3) is 0.357. The lowest BCUT2D eigenvalue weighted by Crippen LogP contribution is -2.36. The second-order valence-electron chi connectivity index (χ2n) is 4.11. The van der Waals surface area contributed by atoms with Gasteiger partial charge in [-0.15, -0.1) is 0 Å². The highest BCUT2D eigenvalue weighted by atomic mass is 19.4. The molecule has 4 nitrogen and oxygen atoms in total. The Hall–Kier alpha value is -2.20. The average Bonchev–Trinajstić information content (AvgIpc) is 2.43. The molecule has 7 heteroatoms. The number of anilines is 1. The van der Waals surface area contributed by atoms with Crippen LogP contribution < -0.4 is 10.6 Å². The van der Waals surface area contributed by atoms with E-state index in [9.17, 15) is 18.0 Å². The number of amides is 2. The molecule has 0 saturated carbocycles. The van der Waals surface area contributed by atoms with Crippen LogP contribution in [-0.2, 0) is 6.42 Å². The highest BCUT2D eigenvalue weighted by molar-refractivity contribution is 5.90. The van der Waals surface area contributed by atoms with Crippen LogP contribution in [0, 0.1) is 11.8 Å². The Bertz CT molecular complexity index is 560. The molecule has 114 valence electrons. The van der Waals surface area contributed by atoms with Crippen molar-refractivity contribution >= 4 is 11.7 Å². The van der Waals surface area contributed by atoms with Crippen molar-refractivity contribution in [2.75, 3.05) is 18.5 Å². The van der Waals surface area contributed by atoms with Gasteiger partial charge in [-0.2, -0.15) is 13.2 Å². The summed E-state index contributed by atoms with van der Waals surface area (Å²) in [5.41, 5.74) is 1.82. The molecule has 0 aliphatic heterocycles. The molecule has 0 bridgehead atoms. The molecule has 0 unspecified atom stereocenters. The first-order valence-corrected chi connectivity index (χ1v) is 6.20. The maximum atomic E-state index is 12.0. The van der Waals surface area contributed by atoms with Crippen molar-refractivity contribution in [2.45, 2.75) is 19.5 Å². The van der Waals surface area contributed by atoms with Gasteiger partial charge in [0.05, 0.1) is 0 Å². The number of alkyl halides is 3. The minimum Gasteiger partial charge on any atom is -0.384 e. The molecule has 0 aliphatic carbocycles. The van der Waals surface area contributed by atoms with Crippen LogP contribution in [0.5, 0.6) is 0 Å². The molecular weight excluding hydrogens is 285 g/mol. The predicted molar refractivity (Wildman–Crippen MR) is 72.9 cm³/mol. The van der Waals surface area contributed by atoms with E-state index in [-0.39, 0.29) is 6.61 Å². The highest BCUT2D eigenvalue weighted by Crippen LogP contribution is 2.18. The standard InChI is InChI=1S/C14H15F3N2O2/c1-2-11-8-10(4-3-7-20)5-6-12(11)19-13(21)18-9-14(15,16)17/h5-6,8,20H,2,7,9H2,1H3,(H2,18,19,21). The van der Waals surface area contributed by atoms with Crippen molar-refractivity contribution in [3.05, 3.63) is 29.3 Å². The number of halogens is 3. The molecule has 1 aromatic rings. The average molecular weight is 300 g/mol. The summed E-state index contributed by atoms with van der Waals surface area (Å²) in [4.78, 5) is 11.4. The van der Waals surface area contributed by atoms with E-state index in [1.807, 2.05) is 6.92 Å². The lowest BCUT2D eigenvalue weighted by Gasteiger charge is -2.12. The Morgan fingerprint density at radius 3 is 2.67 bits per heavy atom. The smallest absolute Gasteiger partial charge is 0.384 e. The van der Waals surface area contributed by atoms with E-state index in [1.165, 1.54) is 0 Å². The molecule has 0 spiro atoms. The van der Waals surface area contributed by atoms with Crippen LogP contribution in [0.4, 0.5) is 23.7 Å². The maximum Gasteiger partial charge on any atom is 0.405 e. The van der Waals surface area contributed by atoms with Gasteiger partial charge in [-0.3, -0.25) is 0 Å². The van der Waals surface area contributed by atoms with E-state index < -0.39 is 18.8 Å². The lowest BCUT2D eigenvalue weighted by molar-refractivity contribution is -0.122. The van der Waals surface area contributed by atoms with Crippen LogP contribution in [0.1, 0.15) is 18.1 Å². The number of hydrogen-bond acceptors (Lipinski definition) is 2. The molecule has 0 atom stereocenters. The number of urea groups is 1. The van der Waals surface area contributed by atoms with Crippen LogP contribution in [0.3, 0.4) is 0 Å². The van der Waals surface area contributed by atoms with E-state index in [0.29, 0.717) is 17.7 Å². The first kappa shape index (κ1) is 16.9. The van der Waals surface area contributed by atoms with Gasteiger partial charge in [0.2, 0.25) is 0 Å². The number of nitrogens with one attached hydrogen (secondary N) is 2. The summed E-state index contributed by atoms with van der Waals surface area (Å²) in [6.45, 7) is 0.193. The van der Waals surface area contributed by atoms with Gasteiger partial charge in [0.25, 0.3) is 0 Å². The van der Waals surface area contributed by atoms with Gasteiger partial charge in [0.1, 0.15) is 13.2 Å². The van der Waals surface area contributed by atoms with Crippen molar-refractivity contribution < 1.29 is 23.1 Å². The zero-order valence-corrected chi connectivity index (χ0v) is 11.3. The summed E-state index contributed by atoms with van der Waals surface area (Å²) in [7, 11) is 0. The molecule has 0 radical (unpaired) electrons.